The minimum absolute atomic E-state index is 0.103. The van der Waals surface area contributed by atoms with Gasteiger partial charge in [-0.15, -0.1) is 0 Å². The Kier molecular flexibility index (Phi) is 4.71. The lowest BCUT2D eigenvalue weighted by molar-refractivity contribution is 0.430. The van der Waals surface area contributed by atoms with Gasteiger partial charge in [0.25, 0.3) is 5.89 Å². The van der Waals surface area contributed by atoms with E-state index in [2.05, 4.69) is 30.9 Å². The van der Waals surface area contributed by atoms with E-state index in [0.29, 0.717) is 17.3 Å². The average Bonchev–Trinajstić information content (AvgIpc) is 3.18. The van der Waals surface area contributed by atoms with Crippen molar-refractivity contribution in [1.29, 1.82) is 0 Å². The fourth-order valence-electron chi connectivity index (χ4n) is 3.33. The number of hydrogen-bond acceptors (Lipinski definition) is 4. The molecule has 0 atom stereocenters. The monoisotopic (exact) mass is 384 g/mol. The molecule has 0 fully saturated rings. The predicted octanol–water partition coefficient (Wildman–Crippen LogP) is 6.38. The fraction of sp³-hybridized carbons (Fsp3) is 0.200. The number of aromatic hydroxyl groups is 1. The molecule has 0 aliphatic rings. The van der Waals surface area contributed by atoms with Crippen LogP contribution in [-0.2, 0) is 5.41 Å². The molecule has 4 nitrogen and oxygen atoms in total. The lowest BCUT2D eigenvalue weighted by atomic mass is 9.83. The molecular formula is C25H24N2O2. The van der Waals surface area contributed by atoms with Crippen molar-refractivity contribution >= 4 is 0 Å². The molecule has 0 amide bonds. The van der Waals surface area contributed by atoms with Crippen molar-refractivity contribution in [3.05, 3.63) is 77.9 Å². The molecule has 0 saturated carbocycles. The topological polar surface area (TPSA) is 59.2 Å². The zero-order valence-electron chi connectivity index (χ0n) is 17.1. The van der Waals surface area contributed by atoms with E-state index in [1.165, 1.54) is 0 Å². The van der Waals surface area contributed by atoms with Crippen LogP contribution in [0.25, 0.3) is 34.0 Å². The molecule has 1 N–H and O–H groups in total. The molecule has 4 heteroatoms. The largest absolute Gasteiger partial charge is 0.507 e. The summed E-state index contributed by atoms with van der Waals surface area (Å²) in [6.07, 6.45) is 0. The van der Waals surface area contributed by atoms with Gasteiger partial charge in [0.15, 0.2) is 0 Å². The van der Waals surface area contributed by atoms with Gasteiger partial charge in [-0.2, -0.15) is 4.98 Å². The standard InChI is InChI=1S/C25H24N2O2/c1-16-10-8-9-13-19(16)24-26-23(27-29-24)21-15-18(25(2,3)4)14-20(22(21)28)17-11-6-5-7-12-17/h5-15,28H,1-4H3. The Bertz CT molecular complexity index is 1160. The first kappa shape index (κ1) is 18.9. The Morgan fingerprint density at radius 2 is 1.48 bits per heavy atom. The highest BCUT2D eigenvalue weighted by Crippen LogP contribution is 2.41. The van der Waals surface area contributed by atoms with Crippen molar-refractivity contribution in [2.24, 2.45) is 0 Å². The Balaban J connectivity index is 1.89. The van der Waals surface area contributed by atoms with Crippen molar-refractivity contribution in [3.8, 4) is 39.7 Å². The van der Waals surface area contributed by atoms with Gasteiger partial charge in [0.2, 0.25) is 5.82 Å². The van der Waals surface area contributed by atoms with Crippen LogP contribution in [0.1, 0.15) is 31.9 Å². The second-order valence-electron chi connectivity index (χ2n) is 8.27. The molecule has 0 radical (unpaired) electrons. The average molecular weight is 384 g/mol. The van der Waals surface area contributed by atoms with E-state index in [1.807, 2.05) is 73.7 Å². The maximum Gasteiger partial charge on any atom is 0.258 e. The number of hydrogen-bond donors (Lipinski definition) is 1. The van der Waals surface area contributed by atoms with Crippen LogP contribution in [0.15, 0.2) is 71.3 Å². The normalized spacial score (nSPS) is 11.6. The molecule has 3 aromatic carbocycles. The minimum atomic E-state index is -0.103. The summed E-state index contributed by atoms with van der Waals surface area (Å²) in [6.45, 7) is 8.44. The highest BCUT2D eigenvalue weighted by atomic mass is 16.5. The van der Waals surface area contributed by atoms with Gasteiger partial charge in [0.05, 0.1) is 5.56 Å². The van der Waals surface area contributed by atoms with Crippen LogP contribution in [0.4, 0.5) is 0 Å². The lowest BCUT2D eigenvalue weighted by Crippen LogP contribution is -2.11. The van der Waals surface area contributed by atoms with E-state index in [-0.39, 0.29) is 11.2 Å². The SMILES string of the molecule is Cc1ccccc1-c1nc(-c2cc(C(C)(C)C)cc(-c3ccccc3)c2O)no1. The highest BCUT2D eigenvalue weighted by molar-refractivity contribution is 5.81. The van der Waals surface area contributed by atoms with Crippen molar-refractivity contribution < 1.29 is 9.63 Å². The molecule has 29 heavy (non-hydrogen) atoms. The molecule has 0 aliphatic carbocycles. The fourth-order valence-corrected chi connectivity index (χ4v) is 3.33. The van der Waals surface area contributed by atoms with E-state index in [0.717, 1.165) is 27.8 Å². The summed E-state index contributed by atoms with van der Waals surface area (Å²) in [4.78, 5) is 4.59. The molecule has 1 aromatic heterocycles. The molecule has 0 saturated heterocycles. The second kappa shape index (κ2) is 7.21. The summed E-state index contributed by atoms with van der Waals surface area (Å²) in [5.41, 5.74) is 5.21. The lowest BCUT2D eigenvalue weighted by Gasteiger charge is -2.22. The maximum atomic E-state index is 11.1. The predicted molar refractivity (Wildman–Crippen MR) is 116 cm³/mol. The van der Waals surface area contributed by atoms with Crippen molar-refractivity contribution in [2.45, 2.75) is 33.1 Å². The summed E-state index contributed by atoms with van der Waals surface area (Å²) in [5, 5.41) is 15.3. The molecule has 0 unspecified atom stereocenters. The number of benzene rings is 3. The zero-order chi connectivity index (χ0) is 20.6. The Hall–Kier alpha value is -3.40. The highest BCUT2D eigenvalue weighted by Gasteiger charge is 2.23. The molecule has 4 aromatic rings. The van der Waals surface area contributed by atoms with Crippen LogP contribution in [0.5, 0.6) is 5.75 Å². The number of aryl methyl sites for hydroxylation is 1. The van der Waals surface area contributed by atoms with Crippen LogP contribution >= 0.6 is 0 Å². The van der Waals surface area contributed by atoms with Crippen LogP contribution in [-0.4, -0.2) is 15.2 Å². The Morgan fingerprint density at radius 3 is 2.17 bits per heavy atom. The van der Waals surface area contributed by atoms with Gasteiger partial charge in [-0.1, -0.05) is 74.5 Å². The van der Waals surface area contributed by atoms with Crippen LogP contribution in [0.3, 0.4) is 0 Å². The number of phenolic OH excluding ortho intramolecular Hbond substituents is 1. The number of aromatic nitrogens is 2. The van der Waals surface area contributed by atoms with Crippen molar-refractivity contribution in [3.63, 3.8) is 0 Å². The third kappa shape index (κ3) is 3.66. The molecule has 0 spiro atoms. The van der Waals surface area contributed by atoms with Crippen LogP contribution in [0, 0.1) is 6.92 Å². The number of phenols is 1. The summed E-state index contributed by atoms with van der Waals surface area (Å²) < 4.78 is 5.54. The third-order valence-electron chi connectivity index (χ3n) is 5.10. The molecule has 146 valence electrons. The summed E-state index contributed by atoms with van der Waals surface area (Å²) in [5.74, 6) is 0.977. The first-order chi connectivity index (χ1) is 13.8. The molecule has 0 bridgehead atoms. The molecule has 1 heterocycles. The third-order valence-corrected chi connectivity index (χ3v) is 5.10. The smallest absolute Gasteiger partial charge is 0.258 e. The van der Waals surface area contributed by atoms with Gasteiger partial charge in [-0.3, -0.25) is 0 Å². The Labute approximate surface area is 170 Å². The van der Waals surface area contributed by atoms with Crippen molar-refractivity contribution in [2.75, 3.05) is 0 Å². The van der Waals surface area contributed by atoms with Crippen LogP contribution in [0.2, 0.25) is 0 Å². The van der Waals surface area contributed by atoms with Gasteiger partial charge in [0, 0.05) is 11.1 Å². The second-order valence-corrected chi connectivity index (χ2v) is 8.27. The summed E-state index contributed by atoms with van der Waals surface area (Å²) in [6, 6.07) is 21.7. The van der Waals surface area contributed by atoms with Gasteiger partial charge in [-0.05, 0) is 47.2 Å². The first-order valence-corrected chi connectivity index (χ1v) is 9.67. The van der Waals surface area contributed by atoms with Gasteiger partial charge >= 0.3 is 0 Å². The van der Waals surface area contributed by atoms with Crippen molar-refractivity contribution in [1.82, 2.24) is 10.1 Å². The quantitative estimate of drug-likeness (QED) is 0.445. The summed E-state index contributed by atoms with van der Waals surface area (Å²) in [7, 11) is 0. The van der Waals surface area contributed by atoms with E-state index in [4.69, 9.17) is 4.52 Å². The molecular weight excluding hydrogens is 360 g/mol. The van der Waals surface area contributed by atoms with E-state index in [1.54, 1.807) is 0 Å². The first-order valence-electron chi connectivity index (χ1n) is 9.67. The van der Waals surface area contributed by atoms with E-state index in [9.17, 15) is 5.11 Å². The van der Waals surface area contributed by atoms with Gasteiger partial charge < -0.3 is 9.63 Å². The minimum Gasteiger partial charge on any atom is -0.507 e. The van der Waals surface area contributed by atoms with E-state index < -0.39 is 0 Å². The molecule has 4 rings (SSSR count). The summed E-state index contributed by atoms with van der Waals surface area (Å²) >= 11 is 0. The maximum absolute atomic E-state index is 11.1. The van der Waals surface area contributed by atoms with Crippen LogP contribution < -0.4 is 0 Å². The van der Waals surface area contributed by atoms with Gasteiger partial charge in [-0.25, -0.2) is 0 Å². The molecule has 0 aliphatic heterocycles. The van der Waals surface area contributed by atoms with Gasteiger partial charge in [0.1, 0.15) is 5.75 Å². The number of nitrogens with zero attached hydrogens (tertiary/aromatic N) is 2. The zero-order valence-corrected chi connectivity index (χ0v) is 17.1. The Morgan fingerprint density at radius 1 is 0.828 bits per heavy atom. The van der Waals surface area contributed by atoms with E-state index >= 15 is 0 Å². The number of rotatable bonds is 3.